The van der Waals surface area contributed by atoms with Crippen molar-refractivity contribution in [1.82, 2.24) is 0 Å². The Morgan fingerprint density at radius 3 is 2.75 bits per heavy atom. The zero-order chi connectivity index (χ0) is 14.5. The summed E-state index contributed by atoms with van der Waals surface area (Å²) in [4.78, 5) is 12.0. The molecular weight excluding hydrogens is 280 g/mol. The Kier molecular flexibility index (Phi) is 4.48. The number of methoxy groups -OCH3 is 1. The highest BCUT2D eigenvalue weighted by Gasteiger charge is 2.10. The number of benzene rings is 2. The summed E-state index contributed by atoms with van der Waals surface area (Å²) in [6.45, 7) is -0.117. The average molecular weight is 293 g/mol. The van der Waals surface area contributed by atoms with E-state index >= 15 is 0 Å². The number of Topliss-reactive ketones (excluding diaryl/α,β-unsaturated/α-hetero) is 1. The lowest BCUT2D eigenvalue weighted by Gasteiger charge is -2.08. The van der Waals surface area contributed by atoms with Gasteiger partial charge in [0.05, 0.1) is 7.11 Å². The Labute approximate surface area is 121 Å². The summed E-state index contributed by atoms with van der Waals surface area (Å²) in [5, 5.41) is 10.0. The van der Waals surface area contributed by atoms with E-state index in [9.17, 15) is 9.90 Å². The smallest absolute Gasteiger partial charge is 0.200 e. The van der Waals surface area contributed by atoms with E-state index in [1.54, 1.807) is 24.3 Å². The highest BCUT2D eigenvalue weighted by molar-refractivity contribution is 6.30. The van der Waals surface area contributed by atoms with Gasteiger partial charge in [-0.15, -0.1) is 0 Å². The van der Waals surface area contributed by atoms with Gasteiger partial charge in [0.15, 0.2) is 23.9 Å². The molecule has 0 heterocycles. The molecule has 2 aromatic rings. The van der Waals surface area contributed by atoms with E-state index in [-0.39, 0.29) is 23.9 Å². The van der Waals surface area contributed by atoms with E-state index in [4.69, 9.17) is 21.1 Å². The van der Waals surface area contributed by atoms with Gasteiger partial charge >= 0.3 is 0 Å². The van der Waals surface area contributed by atoms with Crippen LogP contribution in [-0.2, 0) is 0 Å². The molecule has 5 heteroatoms. The molecule has 0 amide bonds. The maximum Gasteiger partial charge on any atom is 0.200 e. The zero-order valence-corrected chi connectivity index (χ0v) is 11.6. The Bertz CT molecular complexity index is 625. The molecule has 0 aromatic heterocycles. The van der Waals surface area contributed by atoms with E-state index in [0.29, 0.717) is 16.3 Å². The van der Waals surface area contributed by atoms with Gasteiger partial charge in [0, 0.05) is 10.6 Å². The molecule has 0 saturated carbocycles. The zero-order valence-electron chi connectivity index (χ0n) is 10.8. The number of carbonyl (C=O) groups is 1. The van der Waals surface area contributed by atoms with Crippen molar-refractivity contribution in [3.63, 3.8) is 0 Å². The first-order chi connectivity index (χ1) is 9.60. The molecule has 0 radical (unpaired) electrons. The molecule has 1 N–H and O–H groups in total. The van der Waals surface area contributed by atoms with E-state index < -0.39 is 0 Å². The second kappa shape index (κ2) is 6.30. The molecule has 4 nitrogen and oxygen atoms in total. The average Bonchev–Trinajstić information content (AvgIpc) is 2.45. The van der Waals surface area contributed by atoms with E-state index in [2.05, 4.69) is 0 Å². The van der Waals surface area contributed by atoms with Gasteiger partial charge in [-0.05, 0) is 36.4 Å². The lowest BCUT2D eigenvalue weighted by atomic mass is 10.1. The molecule has 20 heavy (non-hydrogen) atoms. The fourth-order valence-electron chi connectivity index (χ4n) is 1.64. The molecule has 0 spiro atoms. The number of carbonyl (C=O) groups excluding carboxylic acids is 1. The first-order valence-electron chi connectivity index (χ1n) is 5.88. The van der Waals surface area contributed by atoms with Crippen LogP contribution in [0.15, 0.2) is 42.5 Å². The SMILES string of the molecule is COc1cc(C(=O)COc2cccc(Cl)c2)ccc1O. The molecule has 0 saturated heterocycles. The number of hydrogen-bond donors (Lipinski definition) is 1. The fourth-order valence-corrected chi connectivity index (χ4v) is 1.82. The molecule has 0 aliphatic carbocycles. The van der Waals surface area contributed by atoms with Crippen LogP contribution in [0.4, 0.5) is 0 Å². The van der Waals surface area contributed by atoms with Crippen LogP contribution in [0.25, 0.3) is 0 Å². The summed E-state index contributed by atoms with van der Waals surface area (Å²) in [6, 6.07) is 11.2. The van der Waals surface area contributed by atoms with Gasteiger partial charge in [0.25, 0.3) is 0 Å². The van der Waals surface area contributed by atoms with Crippen LogP contribution in [0.5, 0.6) is 17.2 Å². The normalized spacial score (nSPS) is 10.1. The minimum Gasteiger partial charge on any atom is -0.504 e. The van der Waals surface area contributed by atoms with Gasteiger partial charge < -0.3 is 14.6 Å². The highest BCUT2D eigenvalue weighted by Crippen LogP contribution is 2.26. The highest BCUT2D eigenvalue weighted by atomic mass is 35.5. The molecule has 0 atom stereocenters. The molecule has 2 aromatic carbocycles. The van der Waals surface area contributed by atoms with Crippen LogP contribution in [0.3, 0.4) is 0 Å². The minimum atomic E-state index is -0.219. The fraction of sp³-hybridized carbons (Fsp3) is 0.133. The predicted octanol–water partition coefficient (Wildman–Crippen LogP) is 3.32. The Hall–Kier alpha value is -2.20. The van der Waals surface area contributed by atoms with Crippen molar-refractivity contribution in [1.29, 1.82) is 0 Å². The Balaban J connectivity index is 2.05. The summed E-state index contributed by atoms with van der Waals surface area (Å²) < 4.78 is 10.3. The van der Waals surface area contributed by atoms with Gasteiger partial charge in [0.2, 0.25) is 0 Å². The van der Waals surface area contributed by atoms with Crippen molar-refractivity contribution in [3.8, 4) is 17.2 Å². The maximum atomic E-state index is 12.0. The molecule has 0 aliphatic heterocycles. The van der Waals surface area contributed by atoms with E-state index in [0.717, 1.165) is 0 Å². The number of ether oxygens (including phenoxy) is 2. The van der Waals surface area contributed by atoms with Crippen LogP contribution in [0.1, 0.15) is 10.4 Å². The monoisotopic (exact) mass is 292 g/mol. The quantitative estimate of drug-likeness (QED) is 0.859. The van der Waals surface area contributed by atoms with Crippen LogP contribution in [0, 0.1) is 0 Å². The topological polar surface area (TPSA) is 55.8 Å². The van der Waals surface area contributed by atoms with Gasteiger partial charge in [-0.3, -0.25) is 4.79 Å². The van der Waals surface area contributed by atoms with Crippen LogP contribution >= 0.6 is 11.6 Å². The molecular formula is C15H13ClO4. The van der Waals surface area contributed by atoms with Crippen LogP contribution < -0.4 is 9.47 Å². The third-order valence-corrected chi connectivity index (χ3v) is 2.90. The molecule has 0 unspecified atom stereocenters. The summed E-state index contributed by atoms with van der Waals surface area (Å²) in [5.41, 5.74) is 0.404. The van der Waals surface area contributed by atoms with Crippen LogP contribution in [0.2, 0.25) is 5.02 Å². The van der Waals surface area contributed by atoms with E-state index in [1.807, 2.05) is 0 Å². The van der Waals surface area contributed by atoms with Crippen molar-refractivity contribution < 1.29 is 19.4 Å². The first kappa shape index (κ1) is 14.2. The lowest BCUT2D eigenvalue weighted by molar-refractivity contribution is 0.0921. The van der Waals surface area contributed by atoms with Gasteiger partial charge in [-0.1, -0.05) is 17.7 Å². The van der Waals surface area contributed by atoms with E-state index in [1.165, 1.54) is 25.3 Å². The number of aromatic hydroxyl groups is 1. The van der Waals surface area contributed by atoms with Crippen LogP contribution in [-0.4, -0.2) is 24.6 Å². The largest absolute Gasteiger partial charge is 0.504 e. The number of rotatable bonds is 5. The Morgan fingerprint density at radius 2 is 2.05 bits per heavy atom. The van der Waals surface area contributed by atoms with Gasteiger partial charge in [-0.2, -0.15) is 0 Å². The number of phenolic OH excluding ortho intramolecular Hbond substituents is 1. The molecule has 0 fully saturated rings. The number of phenols is 1. The summed E-state index contributed by atoms with van der Waals surface area (Å²) >= 11 is 5.82. The Morgan fingerprint density at radius 1 is 1.25 bits per heavy atom. The van der Waals surface area contributed by atoms with Crippen molar-refractivity contribution >= 4 is 17.4 Å². The summed E-state index contributed by atoms with van der Waals surface area (Å²) in [6.07, 6.45) is 0. The molecule has 0 aliphatic rings. The summed E-state index contributed by atoms with van der Waals surface area (Å²) in [5.74, 6) is 0.540. The van der Waals surface area contributed by atoms with Crippen molar-refractivity contribution in [2.45, 2.75) is 0 Å². The molecule has 2 rings (SSSR count). The van der Waals surface area contributed by atoms with Crippen molar-refractivity contribution in [2.24, 2.45) is 0 Å². The van der Waals surface area contributed by atoms with Crippen molar-refractivity contribution in [2.75, 3.05) is 13.7 Å². The first-order valence-corrected chi connectivity index (χ1v) is 6.26. The lowest BCUT2D eigenvalue weighted by Crippen LogP contribution is -2.11. The third kappa shape index (κ3) is 3.42. The second-order valence-corrected chi connectivity index (χ2v) is 4.49. The molecule has 104 valence electrons. The number of halogens is 1. The predicted molar refractivity (Wildman–Crippen MR) is 75.9 cm³/mol. The minimum absolute atomic E-state index is 0.0141. The van der Waals surface area contributed by atoms with Crippen molar-refractivity contribution in [3.05, 3.63) is 53.1 Å². The number of ketones is 1. The second-order valence-electron chi connectivity index (χ2n) is 4.06. The summed E-state index contributed by atoms with van der Waals surface area (Å²) in [7, 11) is 1.42. The maximum absolute atomic E-state index is 12.0. The third-order valence-electron chi connectivity index (χ3n) is 2.67. The number of hydrogen-bond acceptors (Lipinski definition) is 4. The molecule has 0 bridgehead atoms. The van der Waals surface area contributed by atoms with Gasteiger partial charge in [0.1, 0.15) is 5.75 Å². The van der Waals surface area contributed by atoms with Gasteiger partial charge in [-0.25, -0.2) is 0 Å². The standard InChI is InChI=1S/C15H13ClO4/c1-19-15-7-10(5-6-13(15)17)14(18)9-20-12-4-2-3-11(16)8-12/h2-8,17H,9H2,1H3.